The van der Waals surface area contributed by atoms with Gasteiger partial charge in [-0.3, -0.25) is 5.10 Å². The zero-order chi connectivity index (χ0) is 16.4. The molecule has 1 saturated carbocycles. The largest absolute Gasteiger partial charge is 0.382 e. The van der Waals surface area contributed by atoms with Crippen molar-refractivity contribution in [2.24, 2.45) is 5.41 Å². The highest BCUT2D eigenvalue weighted by molar-refractivity contribution is 5.81. The Morgan fingerprint density at radius 3 is 2.52 bits per heavy atom. The van der Waals surface area contributed by atoms with E-state index in [0.29, 0.717) is 23.5 Å². The Labute approximate surface area is 139 Å². The standard InChI is InChI=1S/C19H30N4/c1-13(19(2,3)4)21-15-5-7-16(8-6-15)22-17-9-10-18-14(11-17)12-20-23-18/h9-13,15-16,21-22H,5-8H2,1-4H3,(H,20,23)/t13?,15-,16+. The predicted molar refractivity (Wildman–Crippen MR) is 97.8 cm³/mol. The van der Waals surface area contributed by atoms with Gasteiger partial charge in [0.25, 0.3) is 0 Å². The van der Waals surface area contributed by atoms with Gasteiger partial charge < -0.3 is 10.6 Å². The lowest BCUT2D eigenvalue weighted by Crippen LogP contribution is -2.46. The first kappa shape index (κ1) is 16.3. The molecule has 0 bridgehead atoms. The SMILES string of the molecule is CC(N[C@H]1CC[C@@H](Nc2ccc3[nH]ncc3c2)CC1)C(C)(C)C. The molecule has 4 nitrogen and oxygen atoms in total. The van der Waals surface area contributed by atoms with Gasteiger partial charge in [0.15, 0.2) is 0 Å². The third-order valence-corrected chi connectivity index (χ3v) is 5.32. The van der Waals surface area contributed by atoms with Gasteiger partial charge in [0.05, 0.1) is 11.7 Å². The molecule has 23 heavy (non-hydrogen) atoms. The van der Waals surface area contributed by atoms with Crippen molar-refractivity contribution >= 4 is 16.6 Å². The number of benzene rings is 1. The molecule has 1 fully saturated rings. The molecule has 4 heteroatoms. The Kier molecular flexibility index (Phi) is 4.62. The number of aromatic nitrogens is 2. The Hall–Kier alpha value is -1.55. The highest BCUT2D eigenvalue weighted by atomic mass is 15.1. The molecular formula is C19H30N4. The summed E-state index contributed by atoms with van der Waals surface area (Å²) in [6.45, 7) is 9.24. The second-order valence-corrected chi connectivity index (χ2v) is 8.12. The van der Waals surface area contributed by atoms with E-state index in [1.165, 1.54) is 36.8 Å². The second-order valence-electron chi connectivity index (χ2n) is 8.12. The molecule has 3 rings (SSSR count). The first-order chi connectivity index (χ1) is 10.9. The number of H-pyrrole nitrogens is 1. The lowest BCUT2D eigenvalue weighted by atomic mass is 9.85. The first-order valence-electron chi connectivity index (χ1n) is 8.87. The molecule has 1 atom stereocenters. The van der Waals surface area contributed by atoms with Crippen molar-refractivity contribution < 1.29 is 0 Å². The normalized spacial score (nSPS) is 23.8. The average molecular weight is 314 g/mol. The van der Waals surface area contributed by atoms with Gasteiger partial charge in [0.1, 0.15) is 0 Å². The summed E-state index contributed by atoms with van der Waals surface area (Å²) in [7, 11) is 0. The van der Waals surface area contributed by atoms with Crippen LogP contribution in [0.1, 0.15) is 53.4 Å². The highest BCUT2D eigenvalue weighted by Gasteiger charge is 2.26. The van der Waals surface area contributed by atoms with Crippen LogP contribution in [0, 0.1) is 5.41 Å². The fourth-order valence-electron chi connectivity index (χ4n) is 3.28. The zero-order valence-electron chi connectivity index (χ0n) is 14.8. The van der Waals surface area contributed by atoms with Crippen LogP contribution in [0.5, 0.6) is 0 Å². The Morgan fingerprint density at radius 1 is 1.13 bits per heavy atom. The highest BCUT2D eigenvalue weighted by Crippen LogP contribution is 2.26. The minimum atomic E-state index is 0.328. The summed E-state index contributed by atoms with van der Waals surface area (Å²) in [6, 6.07) is 8.24. The van der Waals surface area contributed by atoms with E-state index in [0.717, 1.165) is 5.52 Å². The third kappa shape index (κ3) is 4.05. The molecule has 0 amide bonds. The fraction of sp³-hybridized carbons (Fsp3) is 0.632. The minimum Gasteiger partial charge on any atom is -0.382 e. The van der Waals surface area contributed by atoms with Crippen LogP contribution in [0.15, 0.2) is 24.4 Å². The summed E-state index contributed by atoms with van der Waals surface area (Å²) in [4.78, 5) is 0. The molecule has 0 radical (unpaired) electrons. The first-order valence-corrected chi connectivity index (χ1v) is 8.87. The van der Waals surface area contributed by atoms with Crippen LogP contribution in [0.4, 0.5) is 5.69 Å². The lowest BCUT2D eigenvalue weighted by molar-refractivity contribution is 0.234. The van der Waals surface area contributed by atoms with Crippen LogP contribution < -0.4 is 10.6 Å². The zero-order valence-corrected chi connectivity index (χ0v) is 14.8. The maximum absolute atomic E-state index is 4.09. The number of rotatable bonds is 4. The average Bonchev–Trinajstić information content (AvgIpc) is 2.96. The van der Waals surface area contributed by atoms with Crippen molar-refractivity contribution in [1.29, 1.82) is 0 Å². The van der Waals surface area contributed by atoms with Crippen LogP contribution in [0.2, 0.25) is 0 Å². The number of nitrogens with one attached hydrogen (secondary N) is 3. The predicted octanol–water partition coefficient (Wildman–Crippen LogP) is 4.31. The fourth-order valence-corrected chi connectivity index (χ4v) is 3.28. The summed E-state index contributed by atoms with van der Waals surface area (Å²) in [5, 5.41) is 15.8. The number of hydrogen-bond acceptors (Lipinski definition) is 3. The van der Waals surface area contributed by atoms with Gasteiger partial charge in [-0.2, -0.15) is 5.10 Å². The Bertz CT molecular complexity index is 632. The molecule has 3 N–H and O–H groups in total. The van der Waals surface area contributed by atoms with Crippen molar-refractivity contribution in [3.63, 3.8) is 0 Å². The van der Waals surface area contributed by atoms with Crippen LogP contribution in [-0.4, -0.2) is 28.3 Å². The quantitative estimate of drug-likeness (QED) is 0.788. The van der Waals surface area contributed by atoms with Crippen LogP contribution in [0.3, 0.4) is 0 Å². The van der Waals surface area contributed by atoms with E-state index >= 15 is 0 Å². The summed E-state index contributed by atoms with van der Waals surface area (Å²) in [5.41, 5.74) is 2.63. The summed E-state index contributed by atoms with van der Waals surface area (Å²) in [5.74, 6) is 0. The molecule has 0 spiro atoms. The second kappa shape index (κ2) is 6.52. The van der Waals surface area contributed by atoms with E-state index < -0.39 is 0 Å². The van der Waals surface area contributed by atoms with E-state index in [1.54, 1.807) is 0 Å². The molecule has 0 saturated heterocycles. The molecule has 1 heterocycles. The molecule has 126 valence electrons. The molecule has 1 unspecified atom stereocenters. The van der Waals surface area contributed by atoms with Gasteiger partial charge in [-0.05, 0) is 56.2 Å². The number of nitrogens with zero attached hydrogens (tertiary/aromatic N) is 1. The van der Waals surface area contributed by atoms with Gasteiger partial charge in [-0.15, -0.1) is 0 Å². The summed E-state index contributed by atoms with van der Waals surface area (Å²) >= 11 is 0. The number of hydrogen-bond donors (Lipinski definition) is 3. The van der Waals surface area contributed by atoms with Crippen molar-refractivity contribution in [2.45, 2.75) is 71.5 Å². The van der Waals surface area contributed by atoms with Gasteiger partial charge in [-0.25, -0.2) is 0 Å². The maximum Gasteiger partial charge on any atom is 0.0651 e. The minimum absolute atomic E-state index is 0.328. The molecular weight excluding hydrogens is 284 g/mol. The number of fused-ring (bicyclic) bond motifs is 1. The smallest absolute Gasteiger partial charge is 0.0651 e. The van der Waals surface area contributed by atoms with Crippen molar-refractivity contribution in [1.82, 2.24) is 15.5 Å². The van der Waals surface area contributed by atoms with Crippen LogP contribution in [0.25, 0.3) is 10.9 Å². The van der Waals surface area contributed by atoms with Crippen molar-refractivity contribution in [3.05, 3.63) is 24.4 Å². The van der Waals surface area contributed by atoms with E-state index in [1.807, 2.05) is 6.20 Å². The molecule has 1 aliphatic rings. The molecule has 1 aliphatic carbocycles. The molecule has 1 aromatic carbocycles. The van der Waals surface area contributed by atoms with Gasteiger partial charge in [0.2, 0.25) is 0 Å². The number of anilines is 1. The van der Waals surface area contributed by atoms with E-state index in [2.05, 4.69) is 66.7 Å². The molecule has 0 aliphatic heterocycles. The Balaban J connectivity index is 1.51. The van der Waals surface area contributed by atoms with E-state index in [9.17, 15) is 0 Å². The monoisotopic (exact) mass is 314 g/mol. The van der Waals surface area contributed by atoms with Crippen LogP contribution >= 0.6 is 0 Å². The lowest BCUT2D eigenvalue weighted by Gasteiger charge is -2.36. The van der Waals surface area contributed by atoms with Gasteiger partial charge in [0, 0.05) is 29.2 Å². The third-order valence-electron chi connectivity index (χ3n) is 5.32. The summed E-state index contributed by atoms with van der Waals surface area (Å²) in [6.07, 6.45) is 6.86. The van der Waals surface area contributed by atoms with E-state index in [4.69, 9.17) is 0 Å². The number of aromatic amines is 1. The van der Waals surface area contributed by atoms with Gasteiger partial charge >= 0.3 is 0 Å². The maximum atomic E-state index is 4.09. The van der Waals surface area contributed by atoms with Gasteiger partial charge in [-0.1, -0.05) is 20.8 Å². The Morgan fingerprint density at radius 2 is 1.83 bits per heavy atom. The molecule has 2 aromatic rings. The topological polar surface area (TPSA) is 52.7 Å². The molecule has 1 aromatic heterocycles. The van der Waals surface area contributed by atoms with Crippen LogP contribution in [-0.2, 0) is 0 Å². The van der Waals surface area contributed by atoms with Crippen molar-refractivity contribution in [3.8, 4) is 0 Å². The van der Waals surface area contributed by atoms with Crippen molar-refractivity contribution in [2.75, 3.05) is 5.32 Å². The summed E-state index contributed by atoms with van der Waals surface area (Å²) < 4.78 is 0. The van der Waals surface area contributed by atoms with E-state index in [-0.39, 0.29) is 0 Å².